The number of pyridine rings is 1. The Morgan fingerprint density at radius 1 is 1.64 bits per heavy atom. The van der Waals surface area contributed by atoms with Gasteiger partial charge in [-0.25, -0.2) is 18.6 Å². The fourth-order valence-corrected chi connectivity index (χ4v) is 1.35. The van der Waals surface area contributed by atoms with Crippen molar-refractivity contribution in [2.75, 3.05) is 5.73 Å². The number of aromatic nitrogens is 1. The number of rotatable bonds is 2. The number of carbonyl (C=O) groups is 1. The number of carboxylic acids is 1. The molecular formula is C7H5F2IN2O2. The van der Waals surface area contributed by atoms with Gasteiger partial charge >= 0.3 is 5.97 Å². The van der Waals surface area contributed by atoms with Gasteiger partial charge < -0.3 is 10.8 Å². The van der Waals surface area contributed by atoms with Crippen LogP contribution in [0, 0.1) is 3.57 Å². The zero-order valence-electron chi connectivity index (χ0n) is 6.67. The quantitative estimate of drug-likeness (QED) is 0.818. The van der Waals surface area contributed by atoms with E-state index in [4.69, 9.17) is 10.8 Å². The monoisotopic (exact) mass is 314 g/mol. The molecule has 4 nitrogen and oxygen atoms in total. The molecule has 1 rings (SSSR count). The lowest BCUT2D eigenvalue weighted by molar-refractivity contribution is 0.0690. The third-order valence-corrected chi connectivity index (χ3v) is 2.64. The van der Waals surface area contributed by atoms with E-state index >= 15 is 0 Å². The molecule has 0 saturated heterocycles. The Bertz CT molecular complexity index is 384. The van der Waals surface area contributed by atoms with Crippen molar-refractivity contribution >= 4 is 34.4 Å². The Morgan fingerprint density at radius 3 is 2.64 bits per heavy atom. The molecule has 14 heavy (non-hydrogen) atoms. The topological polar surface area (TPSA) is 76.2 Å². The van der Waals surface area contributed by atoms with Crippen molar-refractivity contribution < 1.29 is 18.7 Å². The average molecular weight is 314 g/mol. The first-order valence-corrected chi connectivity index (χ1v) is 4.48. The van der Waals surface area contributed by atoms with Gasteiger partial charge in [0.25, 0.3) is 6.43 Å². The molecule has 0 spiro atoms. The van der Waals surface area contributed by atoms with E-state index < -0.39 is 23.7 Å². The molecule has 0 aromatic carbocycles. The summed E-state index contributed by atoms with van der Waals surface area (Å²) in [5.41, 5.74) is 4.40. The van der Waals surface area contributed by atoms with Crippen LogP contribution in [-0.4, -0.2) is 16.1 Å². The molecule has 0 aliphatic rings. The lowest BCUT2D eigenvalue weighted by Crippen LogP contribution is -2.07. The van der Waals surface area contributed by atoms with Crippen LogP contribution in [0.3, 0.4) is 0 Å². The van der Waals surface area contributed by atoms with E-state index in [0.29, 0.717) is 0 Å². The lowest BCUT2D eigenvalue weighted by atomic mass is 10.2. The maximum Gasteiger partial charge on any atom is 0.354 e. The Hall–Kier alpha value is -0.990. The maximum atomic E-state index is 12.4. The van der Waals surface area contributed by atoms with Crippen LogP contribution >= 0.6 is 22.6 Å². The molecule has 0 radical (unpaired) electrons. The molecule has 76 valence electrons. The summed E-state index contributed by atoms with van der Waals surface area (Å²) < 4.78 is 24.8. The number of carboxylic acid groups (broad SMARTS) is 1. The van der Waals surface area contributed by atoms with Crippen molar-refractivity contribution in [3.8, 4) is 0 Å². The normalized spacial score (nSPS) is 10.6. The molecule has 3 N–H and O–H groups in total. The molecule has 0 saturated carbocycles. The second-order valence-corrected chi connectivity index (χ2v) is 3.48. The minimum atomic E-state index is -2.76. The van der Waals surface area contributed by atoms with Gasteiger partial charge in [0.05, 0.1) is 3.57 Å². The minimum Gasteiger partial charge on any atom is -0.477 e. The average Bonchev–Trinajstić information content (AvgIpc) is 2.08. The summed E-state index contributed by atoms with van der Waals surface area (Å²) in [5.74, 6) is -1.57. The van der Waals surface area contributed by atoms with Gasteiger partial charge in [0.2, 0.25) is 0 Å². The fourth-order valence-electron chi connectivity index (χ4n) is 0.838. The summed E-state index contributed by atoms with van der Waals surface area (Å²) in [6, 6.07) is 0.825. The summed E-state index contributed by atoms with van der Waals surface area (Å²) in [6.45, 7) is 0. The Morgan fingerprint density at radius 2 is 2.21 bits per heavy atom. The predicted octanol–water partition coefficient (Wildman–Crippen LogP) is 1.90. The van der Waals surface area contributed by atoms with Crippen molar-refractivity contribution in [2.24, 2.45) is 0 Å². The molecule has 1 aromatic heterocycles. The maximum absolute atomic E-state index is 12.4. The Kier molecular flexibility index (Phi) is 3.19. The number of anilines is 1. The van der Waals surface area contributed by atoms with E-state index in [1.807, 2.05) is 0 Å². The van der Waals surface area contributed by atoms with Gasteiger partial charge in [-0.1, -0.05) is 0 Å². The molecule has 0 aliphatic carbocycles. The number of halogens is 3. The standard InChI is InChI=1S/C7H5F2IN2O2/c8-5(9)2-1-3(7(13)14)12-6(11)4(2)10/h1,5H,(H2,11,12)(H,13,14). The van der Waals surface area contributed by atoms with Crippen LogP contribution in [-0.2, 0) is 0 Å². The number of alkyl halides is 2. The zero-order chi connectivity index (χ0) is 10.9. The summed E-state index contributed by atoms with van der Waals surface area (Å²) in [5, 5.41) is 8.54. The first-order valence-electron chi connectivity index (χ1n) is 3.41. The SMILES string of the molecule is Nc1nc(C(=O)O)cc(C(F)F)c1I. The van der Waals surface area contributed by atoms with E-state index in [2.05, 4.69) is 4.98 Å². The largest absolute Gasteiger partial charge is 0.477 e. The molecule has 1 heterocycles. The van der Waals surface area contributed by atoms with Crippen LogP contribution in [0.2, 0.25) is 0 Å². The molecule has 1 aromatic rings. The van der Waals surface area contributed by atoms with Crippen LogP contribution in [0.4, 0.5) is 14.6 Å². The molecule has 0 unspecified atom stereocenters. The first-order chi connectivity index (χ1) is 6.43. The van der Waals surface area contributed by atoms with Crippen LogP contribution in [0.15, 0.2) is 6.07 Å². The number of nitrogens with zero attached hydrogens (tertiary/aromatic N) is 1. The summed E-state index contributed by atoms with van der Waals surface area (Å²) in [4.78, 5) is 13.9. The van der Waals surface area contributed by atoms with Crippen molar-refractivity contribution in [3.63, 3.8) is 0 Å². The highest BCUT2D eigenvalue weighted by Crippen LogP contribution is 2.27. The van der Waals surface area contributed by atoms with Gasteiger partial charge in [0, 0.05) is 5.56 Å². The lowest BCUT2D eigenvalue weighted by Gasteiger charge is -2.06. The highest BCUT2D eigenvalue weighted by Gasteiger charge is 2.18. The van der Waals surface area contributed by atoms with Crippen molar-refractivity contribution in [3.05, 3.63) is 20.9 Å². The molecular weight excluding hydrogens is 309 g/mol. The predicted molar refractivity (Wildman–Crippen MR) is 53.3 cm³/mol. The molecule has 0 bridgehead atoms. The third kappa shape index (κ3) is 2.08. The van der Waals surface area contributed by atoms with Crippen molar-refractivity contribution in [2.45, 2.75) is 6.43 Å². The Labute approximate surface area is 91.3 Å². The molecule has 7 heteroatoms. The zero-order valence-corrected chi connectivity index (χ0v) is 8.83. The van der Waals surface area contributed by atoms with Gasteiger partial charge in [-0.2, -0.15) is 0 Å². The summed E-state index contributed by atoms with van der Waals surface area (Å²) in [7, 11) is 0. The number of aromatic carboxylic acids is 1. The van der Waals surface area contributed by atoms with Gasteiger partial charge in [0.15, 0.2) is 5.69 Å². The first kappa shape index (κ1) is 11.1. The summed E-state index contributed by atoms with van der Waals surface area (Å²) >= 11 is 1.60. The number of nitrogen functional groups attached to an aromatic ring is 1. The molecule has 0 aliphatic heterocycles. The van der Waals surface area contributed by atoms with Gasteiger partial charge in [-0.15, -0.1) is 0 Å². The van der Waals surface area contributed by atoms with Crippen LogP contribution in [0.25, 0.3) is 0 Å². The number of nitrogens with two attached hydrogens (primary N) is 1. The third-order valence-electron chi connectivity index (χ3n) is 1.47. The van der Waals surface area contributed by atoms with Gasteiger partial charge in [0.1, 0.15) is 5.82 Å². The summed E-state index contributed by atoms with van der Waals surface area (Å²) in [6.07, 6.45) is -2.76. The van der Waals surface area contributed by atoms with Crippen LogP contribution in [0.1, 0.15) is 22.5 Å². The van der Waals surface area contributed by atoms with Gasteiger partial charge in [-0.3, -0.25) is 0 Å². The molecule has 0 amide bonds. The minimum absolute atomic E-state index is 0.0857. The molecule has 0 atom stereocenters. The van der Waals surface area contributed by atoms with E-state index in [1.165, 1.54) is 0 Å². The van der Waals surface area contributed by atoms with E-state index in [9.17, 15) is 13.6 Å². The van der Waals surface area contributed by atoms with E-state index in [-0.39, 0.29) is 9.39 Å². The number of hydrogen-bond acceptors (Lipinski definition) is 3. The highest BCUT2D eigenvalue weighted by molar-refractivity contribution is 14.1. The molecule has 0 fully saturated rings. The second kappa shape index (κ2) is 4.03. The second-order valence-electron chi connectivity index (χ2n) is 2.40. The van der Waals surface area contributed by atoms with Crippen molar-refractivity contribution in [1.29, 1.82) is 0 Å². The van der Waals surface area contributed by atoms with Crippen molar-refractivity contribution in [1.82, 2.24) is 4.98 Å². The van der Waals surface area contributed by atoms with Gasteiger partial charge in [-0.05, 0) is 28.7 Å². The Balaban J connectivity index is 3.35. The van der Waals surface area contributed by atoms with Crippen LogP contribution < -0.4 is 5.73 Å². The van der Waals surface area contributed by atoms with Crippen LogP contribution in [0.5, 0.6) is 0 Å². The highest BCUT2D eigenvalue weighted by atomic mass is 127. The van der Waals surface area contributed by atoms with E-state index in [0.717, 1.165) is 6.07 Å². The van der Waals surface area contributed by atoms with E-state index in [1.54, 1.807) is 22.6 Å². The smallest absolute Gasteiger partial charge is 0.354 e. The number of hydrogen-bond donors (Lipinski definition) is 2. The fraction of sp³-hybridized carbons (Fsp3) is 0.143.